The average Bonchev–Trinajstić information content (AvgIpc) is 2.64. The van der Waals surface area contributed by atoms with Crippen molar-refractivity contribution in [1.29, 1.82) is 0 Å². The summed E-state index contributed by atoms with van der Waals surface area (Å²) in [5.74, 6) is 0.501. The smallest absolute Gasteiger partial charge is 0.408 e. The molecule has 1 unspecified atom stereocenters. The van der Waals surface area contributed by atoms with Gasteiger partial charge in [0.1, 0.15) is 5.75 Å². The van der Waals surface area contributed by atoms with Gasteiger partial charge in [-0.2, -0.15) is 0 Å². The zero-order valence-corrected chi connectivity index (χ0v) is 17.1. The Bertz CT molecular complexity index is 755. The van der Waals surface area contributed by atoms with E-state index < -0.39 is 7.60 Å². The summed E-state index contributed by atoms with van der Waals surface area (Å²) < 4.78 is 18.9. The topological polar surface area (TPSA) is 46.5 Å². The fourth-order valence-electron chi connectivity index (χ4n) is 3.20. The first kappa shape index (κ1) is 20.7. The molecule has 0 aliphatic heterocycles. The van der Waals surface area contributed by atoms with Crippen LogP contribution in [0.2, 0.25) is 0 Å². The first-order valence-corrected chi connectivity index (χ1v) is 11.3. The van der Waals surface area contributed by atoms with Crippen molar-refractivity contribution in [1.82, 2.24) is 0 Å². The maximum Gasteiger partial charge on any atom is 0.408 e. The molecule has 142 valence electrons. The highest BCUT2D eigenvalue weighted by atomic mass is 31.2. The summed E-state index contributed by atoms with van der Waals surface area (Å²) in [6.45, 7) is 6.32. The molecule has 2 aromatic carbocycles. The van der Waals surface area contributed by atoms with Crippen molar-refractivity contribution >= 4 is 12.9 Å². The van der Waals surface area contributed by atoms with Gasteiger partial charge in [0.15, 0.2) is 0 Å². The molecule has 0 radical (unpaired) electrons. The van der Waals surface area contributed by atoms with Crippen LogP contribution in [0, 0.1) is 0 Å². The summed E-state index contributed by atoms with van der Waals surface area (Å²) in [6, 6.07) is 13.2. The van der Waals surface area contributed by atoms with Gasteiger partial charge in [-0.3, -0.25) is 0 Å². The van der Waals surface area contributed by atoms with Gasteiger partial charge in [-0.25, -0.2) is 4.57 Å². The van der Waals surface area contributed by atoms with Gasteiger partial charge in [0.25, 0.3) is 0 Å². The van der Waals surface area contributed by atoms with Crippen molar-refractivity contribution < 1.29 is 14.0 Å². The predicted molar refractivity (Wildman–Crippen MR) is 110 cm³/mol. The van der Waals surface area contributed by atoms with E-state index >= 15 is 0 Å². The Balaban J connectivity index is 2.41. The second-order valence-electron chi connectivity index (χ2n) is 6.69. The highest BCUT2D eigenvalue weighted by molar-refractivity contribution is 7.61. The molecule has 2 aromatic rings. The average molecular weight is 374 g/mol. The van der Waals surface area contributed by atoms with Gasteiger partial charge in [0.2, 0.25) is 0 Å². The molecule has 0 amide bonds. The largest absolute Gasteiger partial charge is 0.421 e. The summed E-state index contributed by atoms with van der Waals surface area (Å²) >= 11 is 0. The minimum absolute atomic E-state index is 0.463. The van der Waals surface area contributed by atoms with E-state index in [0.29, 0.717) is 11.1 Å². The maximum atomic E-state index is 13.2. The van der Waals surface area contributed by atoms with E-state index in [-0.39, 0.29) is 0 Å². The fraction of sp³-hybridized carbons (Fsp3) is 0.455. The monoisotopic (exact) mass is 374 g/mol. The second-order valence-corrected chi connectivity index (χ2v) is 8.40. The minimum atomic E-state index is -3.94. The van der Waals surface area contributed by atoms with Crippen LogP contribution in [0.15, 0.2) is 42.5 Å². The lowest BCUT2D eigenvalue weighted by molar-refractivity contribution is 0.391. The number of hydrogen-bond acceptors (Lipinski definition) is 2. The number of aryl methyl sites for hydroxylation is 2. The summed E-state index contributed by atoms with van der Waals surface area (Å²) in [6.07, 6.45) is 6.75. The summed E-state index contributed by atoms with van der Waals surface area (Å²) in [5.41, 5.74) is 3.13. The number of para-hydroxylation sites is 1. The van der Waals surface area contributed by atoms with E-state index in [4.69, 9.17) is 4.52 Å². The number of rotatable bonds is 10. The Morgan fingerprint density at radius 1 is 0.885 bits per heavy atom. The van der Waals surface area contributed by atoms with Crippen LogP contribution < -0.4 is 9.83 Å². The van der Waals surface area contributed by atoms with E-state index in [1.54, 1.807) is 12.1 Å². The highest BCUT2D eigenvalue weighted by Gasteiger charge is 2.29. The van der Waals surface area contributed by atoms with Crippen molar-refractivity contribution in [3.05, 3.63) is 59.2 Å². The van der Waals surface area contributed by atoms with Gasteiger partial charge >= 0.3 is 7.60 Å². The summed E-state index contributed by atoms with van der Waals surface area (Å²) in [4.78, 5) is 10.8. The zero-order valence-electron chi connectivity index (χ0n) is 16.2. The van der Waals surface area contributed by atoms with E-state index in [1.807, 2.05) is 31.2 Å². The third-order valence-electron chi connectivity index (χ3n) is 4.71. The molecule has 4 heteroatoms. The molecular formula is C22H31O3P. The van der Waals surface area contributed by atoms with Crippen molar-refractivity contribution in [3.63, 3.8) is 0 Å². The van der Waals surface area contributed by atoms with Gasteiger partial charge in [-0.05, 0) is 60.9 Å². The molecule has 0 heterocycles. The SMILES string of the molecule is CCCCc1cccc(P(=O)(O)Oc2ccccc2CC)c1CCCC. The molecule has 2 rings (SSSR count). The minimum Gasteiger partial charge on any atom is -0.421 e. The molecule has 0 fully saturated rings. The van der Waals surface area contributed by atoms with Crippen LogP contribution in [0.25, 0.3) is 0 Å². The van der Waals surface area contributed by atoms with Crippen LogP contribution in [-0.4, -0.2) is 4.89 Å². The maximum absolute atomic E-state index is 13.2. The van der Waals surface area contributed by atoms with Gasteiger partial charge in [0.05, 0.1) is 5.30 Å². The molecule has 0 saturated carbocycles. The molecule has 0 spiro atoms. The molecule has 0 aliphatic rings. The van der Waals surface area contributed by atoms with Crippen LogP contribution in [0.4, 0.5) is 0 Å². The quantitative estimate of drug-likeness (QED) is 0.533. The molecule has 0 aromatic heterocycles. The first-order chi connectivity index (χ1) is 12.5. The Kier molecular flexibility index (Phi) is 7.93. The predicted octanol–water partition coefficient (Wildman–Crippen LogP) is 5.82. The van der Waals surface area contributed by atoms with Gasteiger partial charge in [-0.15, -0.1) is 0 Å². The number of hydrogen-bond donors (Lipinski definition) is 1. The van der Waals surface area contributed by atoms with Crippen molar-refractivity contribution in [3.8, 4) is 5.75 Å². The van der Waals surface area contributed by atoms with Crippen LogP contribution >= 0.6 is 7.60 Å². The number of unbranched alkanes of at least 4 members (excludes halogenated alkanes) is 2. The second kappa shape index (κ2) is 9.94. The number of benzene rings is 2. The van der Waals surface area contributed by atoms with Crippen molar-refractivity contribution in [2.24, 2.45) is 0 Å². The van der Waals surface area contributed by atoms with Crippen LogP contribution in [0.3, 0.4) is 0 Å². The fourth-order valence-corrected chi connectivity index (χ4v) is 4.61. The van der Waals surface area contributed by atoms with E-state index in [0.717, 1.165) is 56.1 Å². The molecular weight excluding hydrogens is 343 g/mol. The van der Waals surface area contributed by atoms with Crippen LogP contribution in [-0.2, 0) is 23.8 Å². The normalized spacial score (nSPS) is 13.4. The van der Waals surface area contributed by atoms with Crippen LogP contribution in [0.1, 0.15) is 63.1 Å². The lowest BCUT2D eigenvalue weighted by atomic mass is 9.98. The molecule has 0 saturated heterocycles. The van der Waals surface area contributed by atoms with E-state index in [9.17, 15) is 9.46 Å². The lowest BCUT2D eigenvalue weighted by Crippen LogP contribution is -2.17. The third kappa shape index (κ3) is 5.22. The zero-order chi connectivity index (χ0) is 19.0. The Labute approximate surface area is 158 Å². The molecule has 26 heavy (non-hydrogen) atoms. The van der Waals surface area contributed by atoms with E-state index in [1.165, 1.54) is 5.56 Å². The van der Waals surface area contributed by atoms with Crippen molar-refractivity contribution in [2.75, 3.05) is 0 Å². The van der Waals surface area contributed by atoms with Gasteiger partial charge in [0, 0.05) is 0 Å². The summed E-state index contributed by atoms with van der Waals surface area (Å²) in [7, 11) is -3.94. The highest BCUT2D eigenvalue weighted by Crippen LogP contribution is 2.44. The first-order valence-electron chi connectivity index (χ1n) is 9.75. The Morgan fingerprint density at radius 3 is 2.23 bits per heavy atom. The van der Waals surface area contributed by atoms with Crippen LogP contribution in [0.5, 0.6) is 5.75 Å². The molecule has 0 bridgehead atoms. The van der Waals surface area contributed by atoms with Gasteiger partial charge < -0.3 is 9.42 Å². The molecule has 0 aliphatic carbocycles. The van der Waals surface area contributed by atoms with E-state index in [2.05, 4.69) is 19.9 Å². The van der Waals surface area contributed by atoms with Gasteiger partial charge in [-0.1, -0.05) is 63.9 Å². The standard InChI is InChI=1S/C22H31O3P/c1-4-7-12-19-14-11-17-22(20(19)15-8-5-2)26(23,24)25-21-16-10-9-13-18(21)6-3/h9-11,13-14,16-17H,4-8,12,15H2,1-3H3,(H,23,24). The lowest BCUT2D eigenvalue weighted by Gasteiger charge is -2.20. The molecule has 1 N–H and O–H groups in total. The Hall–Kier alpha value is -1.57. The molecule has 3 nitrogen and oxygen atoms in total. The summed E-state index contributed by atoms with van der Waals surface area (Å²) in [5, 5.41) is 0.463. The Morgan fingerprint density at radius 2 is 1.54 bits per heavy atom. The third-order valence-corrected chi connectivity index (χ3v) is 6.18. The molecule has 1 atom stereocenters. The van der Waals surface area contributed by atoms with Crippen molar-refractivity contribution in [2.45, 2.75) is 65.7 Å².